The Morgan fingerprint density at radius 2 is 1.92 bits per heavy atom. The molecule has 2 aromatic rings. The third kappa shape index (κ3) is 5.68. The van der Waals surface area contributed by atoms with E-state index in [0.29, 0.717) is 13.2 Å². The molecule has 0 spiro atoms. The SMILES string of the molecule is CN(CCN1CCOCC1)CC(O)COc1ccc2ccccc2c1. The van der Waals surface area contributed by atoms with Crippen LogP contribution in [0.25, 0.3) is 10.8 Å². The van der Waals surface area contributed by atoms with E-state index in [2.05, 4.69) is 21.9 Å². The maximum atomic E-state index is 10.2. The van der Waals surface area contributed by atoms with Crippen LogP contribution in [0.5, 0.6) is 5.75 Å². The van der Waals surface area contributed by atoms with Gasteiger partial charge in [-0.1, -0.05) is 30.3 Å². The van der Waals surface area contributed by atoms with Crippen molar-refractivity contribution >= 4 is 10.8 Å². The lowest BCUT2D eigenvalue weighted by Gasteiger charge is -2.29. The first kappa shape index (κ1) is 18.1. The minimum atomic E-state index is -0.499. The van der Waals surface area contributed by atoms with Crippen molar-refractivity contribution in [2.45, 2.75) is 6.10 Å². The minimum absolute atomic E-state index is 0.306. The van der Waals surface area contributed by atoms with E-state index in [9.17, 15) is 5.11 Å². The summed E-state index contributed by atoms with van der Waals surface area (Å²) in [4.78, 5) is 4.56. The van der Waals surface area contributed by atoms with Crippen LogP contribution in [-0.4, -0.2) is 80.6 Å². The van der Waals surface area contributed by atoms with Gasteiger partial charge < -0.3 is 19.5 Å². The van der Waals surface area contributed by atoms with Crippen molar-refractivity contribution in [3.63, 3.8) is 0 Å². The third-order valence-corrected chi connectivity index (χ3v) is 4.59. The van der Waals surface area contributed by atoms with Gasteiger partial charge in [0.25, 0.3) is 0 Å². The topological polar surface area (TPSA) is 45.2 Å². The van der Waals surface area contributed by atoms with Crippen LogP contribution in [0.2, 0.25) is 0 Å². The highest BCUT2D eigenvalue weighted by atomic mass is 16.5. The predicted molar refractivity (Wildman–Crippen MR) is 100 cm³/mol. The first-order valence-electron chi connectivity index (χ1n) is 8.99. The van der Waals surface area contributed by atoms with Crippen LogP contribution in [0.4, 0.5) is 0 Å². The number of aliphatic hydroxyl groups excluding tert-OH is 1. The van der Waals surface area contributed by atoms with E-state index in [4.69, 9.17) is 9.47 Å². The predicted octanol–water partition coefficient (Wildman–Crippen LogP) is 1.84. The molecule has 0 radical (unpaired) electrons. The van der Waals surface area contributed by atoms with Crippen molar-refractivity contribution in [3.8, 4) is 5.75 Å². The fraction of sp³-hybridized carbons (Fsp3) is 0.500. The summed E-state index contributed by atoms with van der Waals surface area (Å²) in [6, 6.07) is 14.2. The van der Waals surface area contributed by atoms with E-state index in [1.54, 1.807) is 0 Å². The second-order valence-corrected chi connectivity index (χ2v) is 6.69. The molecule has 25 heavy (non-hydrogen) atoms. The normalized spacial score (nSPS) is 17.1. The monoisotopic (exact) mass is 344 g/mol. The number of hydrogen-bond donors (Lipinski definition) is 1. The number of morpholine rings is 1. The van der Waals surface area contributed by atoms with Gasteiger partial charge in [0.1, 0.15) is 18.5 Å². The molecule has 0 aliphatic carbocycles. The lowest BCUT2D eigenvalue weighted by atomic mass is 10.1. The van der Waals surface area contributed by atoms with Crippen LogP contribution in [0.1, 0.15) is 0 Å². The zero-order valence-electron chi connectivity index (χ0n) is 14.9. The Hall–Kier alpha value is -1.66. The first-order chi connectivity index (χ1) is 12.2. The second-order valence-electron chi connectivity index (χ2n) is 6.69. The quantitative estimate of drug-likeness (QED) is 0.792. The maximum Gasteiger partial charge on any atom is 0.120 e. The Balaban J connectivity index is 1.39. The van der Waals surface area contributed by atoms with E-state index >= 15 is 0 Å². The Kier molecular flexibility index (Phi) is 6.64. The van der Waals surface area contributed by atoms with Crippen LogP contribution in [0, 0.1) is 0 Å². The second kappa shape index (κ2) is 9.15. The molecule has 1 aliphatic heterocycles. The average molecular weight is 344 g/mol. The summed E-state index contributed by atoms with van der Waals surface area (Å²) in [7, 11) is 2.04. The largest absolute Gasteiger partial charge is 0.491 e. The van der Waals surface area contributed by atoms with Gasteiger partial charge in [-0.15, -0.1) is 0 Å². The number of benzene rings is 2. The van der Waals surface area contributed by atoms with Gasteiger partial charge in [0, 0.05) is 32.7 Å². The lowest BCUT2D eigenvalue weighted by molar-refractivity contribution is 0.0297. The Labute approximate surface area is 149 Å². The minimum Gasteiger partial charge on any atom is -0.491 e. The molecule has 0 saturated carbocycles. The summed E-state index contributed by atoms with van der Waals surface area (Å²) in [6.07, 6.45) is -0.499. The maximum absolute atomic E-state index is 10.2. The van der Waals surface area contributed by atoms with E-state index in [0.717, 1.165) is 50.5 Å². The van der Waals surface area contributed by atoms with Crippen molar-refractivity contribution in [3.05, 3.63) is 42.5 Å². The zero-order chi connectivity index (χ0) is 17.5. The van der Waals surface area contributed by atoms with Gasteiger partial charge in [-0.25, -0.2) is 0 Å². The summed E-state index contributed by atoms with van der Waals surface area (Å²) >= 11 is 0. The summed E-state index contributed by atoms with van der Waals surface area (Å²) in [6.45, 7) is 6.52. The molecule has 0 amide bonds. The number of fused-ring (bicyclic) bond motifs is 1. The van der Waals surface area contributed by atoms with Gasteiger partial charge in [0.05, 0.1) is 13.2 Å². The molecule has 1 heterocycles. The molecule has 5 heteroatoms. The van der Waals surface area contributed by atoms with Crippen molar-refractivity contribution in [2.24, 2.45) is 0 Å². The molecule has 5 nitrogen and oxygen atoms in total. The molecular weight excluding hydrogens is 316 g/mol. The fourth-order valence-electron chi connectivity index (χ4n) is 3.09. The van der Waals surface area contributed by atoms with E-state index in [1.807, 2.05) is 37.4 Å². The molecule has 0 aromatic heterocycles. The van der Waals surface area contributed by atoms with Crippen molar-refractivity contribution in [2.75, 3.05) is 59.6 Å². The van der Waals surface area contributed by atoms with Gasteiger partial charge in [-0.3, -0.25) is 4.90 Å². The smallest absolute Gasteiger partial charge is 0.120 e. The van der Waals surface area contributed by atoms with Crippen LogP contribution in [-0.2, 0) is 4.74 Å². The molecule has 1 fully saturated rings. The molecular formula is C20H28N2O3. The standard InChI is InChI=1S/C20H28N2O3/c1-21(8-9-22-10-12-24-13-11-22)15-19(23)16-25-20-7-6-17-4-2-3-5-18(17)14-20/h2-7,14,19,23H,8-13,15-16H2,1H3. The molecule has 0 bridgehead atoms. The summed E-state index contributed by atoms with van der Waals surface area (Å²) in [5.74, 6) is 0.800. The van der Waals surface area contributed by atoms with E-state index in [-0.39, 0.29) is 0 Å². The zero-order valence-corrected chi connectivity index (χ0v) is 14.9. The molecule has 1 N–H and O–H groups in total. The number of likely N-dealkylation sites (N-methyl/N-ethyl adjacent to an activating group) is 1. The molecule has 136 valence electrons. The first-order valence-corrected chi connectivity index (χ1v) is 8.99. The number of hydrogen-bond acceptors (Lipinski definition) is 5. The Morgan fingerprint density at radius 3 is 2.72 bits per heavy atom. The van der Waals surface area contributed by atoms with Crippen LogP contribution >= 0.6 is 0 Å². The van der Waals surface area contributed by atoms with Gasteiger partial charge >= 0.3 is 0 Å². The highest BCUT2D eigenvalue weighted by Crippen LogP contribution is 2.20. The highest BCUT2D eigenvalue weighted by Gasteiger charge is 2.13. The molecule has 1 atom stereocenters. The van der Waals surface area contributed by atoms with E-state index < -0.39 is 6.10 Å². The Morgan fingerprint density at radius 1 is 1.16 bits per heavy atom. The van der Waals surface area contributed by atoms with Crippen LogP contribution < -0.4 is 4.74 Å². The summed E-state index contributed by atoms with van der Waals surface area (Å²) in [5, 5.41) is 12.6. The van der Waals surface area contributed by atoms with Crippen LogP contribution in [0.15, 0.2) is 42.5 Å². The number of nitrogens with zero attached hydrogens (tertiary/aromatic N) is 2. The highest BCUT2D eigenvalue weighted by molar-refractivity contribution is 5.83. The lowest BCUT2D eigenvalue weighted by Crippen LogP contribution is -2.42. The molecule has 1 aliphatic rings. The van der Waals surface area contributed by atoms with Crippen molar-refractivity contribution in [1.29, 1.82) is 0 Å². The average Bonchev–Trinajstić information content (AvgIpc) is 2.65. The fourth-order valence-corrected chi connectivity index (χ4v) is 3.09. The van der Waals surface area contributed by atoms with Gasteiger partial charge in [-0.05, 0) is 30.0 Å². The van der Waals surface area contributed by atoms with Crippen LogP contribution in [0.3, 0.4) is 0 Å². The van der Waals surface area contributed by atoms with Gasteiger partial charge in [0.2, 0.25) is 0 Å². The molecule has 1 saturated heterocycles. The van der Waals surface area contributed by atoms with Gasteiger partial charge in [0.15, 0.2) is 0 Å². The molecule has 3 rings (SSSR count). The summed E-state index contributed by atoms with van der Waals surface area (Å²) < 4.78 is 11.1. The van der Waals surface area contributed by atoms with Crippen molar-refractivity contribution < 1.29 is 14.6 Å². The molecule has 2 aromatic carbocycles. The summed E-state index contributed by atoms with van der Waals surface area (Å²) in [5.41, 5.74) is 0. The van der Waals surface area contributed by atoms with E-state index in [1.165, 1.54) is 5.39 Å². The van der Waals surface area contributed by atoms with Crippen molar-refractivity contribution in [1.82, 2.24) is 9.80 Å². The molecule has 1 unspecified atom stereocenters. The number of rotatable bonds is 8. The number of ether oxygens (including phenoxy) is 2. The Bertz CT molecular complexity index is 658. The third-order valence-electron chi connectivity index (χ3n) is 4.59. The van der Waals surface area contributed by atoms with Gasteiger partial charge in [-0.2, -0.15) is 0 Å². The number of aliphatic hydroxyl groups is 1.